The summed E-state index contributed by atoms with van der Waals surface area (Å²) in [7, 11) is 3.65. The number of aromatic nitrogens is 2. The molecule has 0 spiro atoms. The number of halogens is 2. The first-order valence-electron chi connectivity index (χ1n) is 6.08. The van der Waals surface area contributed by atoms with Crippen molar-refractivity contribution in [2.75, 3.05) is 7.05 Å². The summed E-state index contributed by atoms with van der Waals surface area (Å²) in [4.78, 5) is 0. The molecule has 5 heteroatoms. The van der Waals surface area contributed by atoms with Crippen LogP contribution in [0.5, 0.6) is 0 Å². The molecule has 1 atom stereocenters. The second kappa shape index (κ2) is 5.09. The second-order valence-corrected chi connectivity index (χ2v) is 4.60. The number of aryl methyl sites for hydroxylation is 2. The molecule has 0 saturated carbocycles. The van der Waals surface area contributed by atoms with E-state index in [1.54, 1.807) is 17.8 Å². The molecule has 0 amide bonds. The van der Waals surface area contributed by atoms with E-state index < -0.39 is 11.6 Å². The minimum atomic E-state index is -0.836. The largest absolute Gasteiger partial charge is 0.309 e. The first kappa shape index (κ1) is 13.7. The van der Waals surface area contributed by atoms with Crippen molar-refractivity contribution >= 4 is 0 Å². The number of nitrogens with one attached hydrogen (secondary N) is 1. The molecule has 1 heterocycles. The minimum absolute atomic E-state index is 0.205. The fourth-order valence-corrected chi connectivity index (χ4v) is 2.38. The molecule has 0 radical (unpaired) electrons. The van der Waals surface area contributed by atoms with Crippen LogP contribution in [0.25, 0.3) is 0 Å². The third-order valence-corrected chi connectivity index (χ3v) is 3.42. The average molecular weight is 265 g/mol. The van der Waals surface area contributed by atoms with Crippen LogP contribution >= 0.6 is 0 Å². The molecule has 2 rings (SSSR count). The maximum Gasteiger partial charge on any atom is 0.159 e. The fraction of sp³-hybridized carbons (Fsp3) is 0.357. The van der Waals surface area contributed by atoms with E-state index >= 15 is 0 Å². The Morgan fingerprint density at radius 2 is 1.89 bits per heavy atom. The van der Waals surface area contributed by atoms with Gasteiger partial charge in [-0.1, -0.05) is 6.07 Å². The highest BCUT2D eigenvalue weighted by Crippen LogP contribution is 2.27. The summed E-state index contributed by atoms with van der Waals surface area (Å²) in [5, 5.41) is 7.49. The van der Waals surface area contributed by atoms with Crippen LogP contribution in [-0.4, -0.2) is 16.8 Å². The van der Waals surface area contributed by atoms with E-state index in [0.29, 0.717) is 5.56 Å². The van der Waals surface area contributed by atoms with Gasteiger partial charge in [-0.25, -0.2) is 8.78 Å². The Labute approximate surface area is 111 Å². The van der Waals surface area contributed by atoms with Gasteiger partial charge in [0.1, 0.15) is 0 Å². The summed E-state index contributed by atoms with van der Waals surface area (Å²) in [5.74, 6) is -1.67. The minimum Gasteiger partial charge on any atom is -0.309 e. The molecule has 0 saturated heterocycles. The lowest BCUT2D eigenvalue weighted by Gasteiger charge is -2.18. The first-order chi connectivity index (χ1) is 8.95. The molecule has 0 aliphatic carbocycles. The molecule has 0 fully saturated rings. The van der Waals surface area contributed by atoms with Crippen LogP contribution in [0.3, 0.4) is 0 Å². The van der Waals surface area contributed by atoms with E-state index in [2.05, 4.69) is 10.4 Å². The van der Waals surface area contributed by atoms with Crippen LogP contribution in [0.4, 0.5) is 8.78 Å². The number of hydrogen-bond acceptors (Lipinski definition) is 2. The first-order valence-corrected chi connectivity index (χ1v) is 6.08. The van der Waals surface area contributed by atoms with E-state index in [9.17, 15) is 8.78 Å². The van der Waals surface area contributed by atoms with Gasteiger partial charge in [-0.3, -0.25) is 4.68 Å². The van der Waals surface area contributed by atoms with Gasteiger partial charge in [-0.05, 0) is 38.6 Å². The van der Waals surface area contributed by atoms with E-state index in [0.717, 1.165) is 23.0 Å². The van der Waals surface area contributed by atoms with Crippen molar-refractivity contribution in [2.24, 2.45) is 7.05 Å². The Balaban J connectivity index is 2.52. The maximum atomic E-state index is 13.4. The number of rotatable bonds is 3. The van der Waals surface area contributed by atoms with Gasteiger partial charge in [0.05, 0.1) is 11.7 Å². The molecule has 102 valence electrons. The van der Waals surface area contributed by atoms with Crippen LogP contribution < -0.4 is 5.32 Å². The van der Waals surface area contributed by atoms with Crippen molar-refractivity contribution in [3.8, 4) is 0 Å². The molecule has 19 heavy (non-hydrogen) atoms. The Morgan fingerprint density at radius 1 is 1.21 bits per heavy atom. The van der Waals surface area contributed by atoms with Gasteiger partial charge in [0, 0.05) is 18.3 Å². The molecule has 0 bridgehead atoms. The summed E-state index contributed by atoms with van der Waals surface area (Å²) in [6.45, 7) is 3.87. The summed E-state index contributed by atoms with van der Waals surface area (Å²) < 4.78 is 28.2. The Hall–Kier alpha value is -1.75. The Kier molecular flexibility index (Phi) is 3.66. The lowest BCUT2D eigenvalue weighted by atomic mass is 9.97. The second-order valence-electron chi connectivity index (χ2n) is 4.60. The molecule has 2 aromatic rings. The van der Waals surface area contributed by atoms with Crippen molar-refractivity contribution in [3.05, 3.63) is 52.3 Å². The van der Waals surface area contributed by atoms with E-state index in [4.69, 9.17) is 0 Å². The lowest BCUT2D eigenvalue weighted by molar-refractivity contribution is 0.504. The summed E-state index contributed by atoms with van der Waals surface area (Å²) in [6, 6.07) is 3.76. The van der Waals surface area contributed by atoms with Gasteiger partial charge in [0.25, 0.3) is 0 Å². The predicted octanol–water partition coefficient (Wildman–Crippen LogP) is 2.62. The Morgan fingerprint density at radius 3 is 2.37 bits per heavy atom. The highest BCUT2D eigenvalue weighted by Gasteiger charge is 2.21. The maximum absolute atomic E-state index is 13.4. The molecule has 1 N–H and O–H groups in total. The Bertz CT molecular complexity index is 605. The van der Waals surface area contributed by atoms with E-state index in [-0.39, 0.29) is 6.04 Å². The van der Waals surface area contributed by atoms with E-state index in [1.807, 2.05) is 20.9 Å². The van der Waals surface area contributed by atoms with Crippen LogP contribution in [0.1, 0.15) is 28.6 Å². The van der Waals surface area contributed by atoms with Gasteiger partial charge >= 0.3 is 0 Å². The number of benzene rings is 1. The normalized spacial score (nSPS) is 12.7. The fourth-order valence-electron chi connectivity index (χ4n) is 2.38. The predicted molar refractivity (Wildman–Crippen MR) is 69.9 cm³/mol. The summed E-state index contributed by atoms with van der Waals surface area (Å²) in [6.07, 6.45) is 0. The standard InChI is InChI=1S/C14H17F2N3/c1-8-13(9(2)19(4)18-8)14(17-3)10-5-6-11(15)12(16)7-10/h5-7,14,17H,1-4H3. The SMILES string of the molecule is CNC(c1ccc(F)c(F)c1)c1c(C)nn(C)c1C. The summed E-state index contributed by atoms with van der Waals surface area (Å²) in [5.41, 5.74) is 3.56. The van der Waals surface area contributed by atoms with Crippen molar-refractivity contribution < 1.29 is 8.78 Å². The van der Waals surface area contributed by atoms with E-state index in [1.165, 1.54) is 6.07 Å². The lowest BCUT2D eigenvalue weighted by Crippen LogP contribution is -2.19. The quantitative estimate of drug-likeness (QED) is 0.924. The molecule has 0 aliphatic rings. The smallest absolute Gasteiger partial charge is 0.159 e. The molecule has 1 aromatic carbocycles. The summed E-state index contributed by atoms with van der Waals surface area (Å²) >= 11 is 0. The van der Waals surface area contributed by atoms with Crippen molar-refractivity contribution in [3.63, 3.8) is 0 Å². The zero-order chi connectivity index (χ0) is 14.2. The van der Waals surface area contributed by atoms with Crippen molar-refractivity contribution in [1.82, 2.24) is 15.1 Å². The molecular weight excluding hydrogens is 248 g/mol. The van der Waals surface area contributed by atoms with Crippen molar-refractivity contribution in [2.45, 2.75) is 19.9 Å². The topological polar surface area (TPSA) is 29.9 Å². The van der Waals surface area contributed by atoms with Gasteiger partial charge in [-0.2, -0.15) is 5.10 Å². The van der Waals surface area contributed by atoms with Crippen LogP contribution in [0.15, 0.2) is 18.2 Å². The van der Waals surface area contributed by atoms with Gasteiger partial charge in [0.15, 0.2) is 11.6 Å². The zero-order valence-corrected chi connectivity index (χ0v) is 11.5. The average Bonchev–Trinajstić information content (AvgIpc) is 2.61. The van der Waals surface area contributed by atoms with Crippen molar-refractivity contribution in [1.29, 1.82) is 0 Å². The third-order valence-electron chi connectivity index (χ3n) is 3.42. The molecule has 3 nitrogen and oxygen atoms in total. The monoisotopic (exact) mass is 265 g/mol. The molecule has 1 unspecified atom stereocenters. The van der Waals surface area contributed by atoms with Crippen LogP contribution in [-0.2, 0) is 7.05 Å². The molecule has 1 aromatic heterocycles. The highest BCUT2D eigenvalue weighted by molar-refractivity contribution is 5.37. The molecule has 0 aliphatic heterocycles. The highest BCUT2D eigenvalue weighted by atomic mass is 19.2. The number of hydrogen-bond donors (Lipinski definition) is 1. The third kappa shape index (κ3) is 2.38. The van der Waals surface area contributed by atoms with Gasteiger partial charge in [-0.15, -0.1) is 0 Å². The van der Waals surface area contributed by atoms with Gasteiger partial charge < -0.3 is 5.32 Å². The van der Waals surface area contributed by atoms with Crippen LogP contribution in [0, 0.1) is 25.5 Å². The van der Waals surface area contributed by atoms with Gasteiger partial charge in [0.2, 0.25) is 0 Å². The zero-order valence-electron chi connectivity index (χ0n) is 11.5. The van der Waals surface area contributed by atoms with Crippen LogP contribution in [0.2, 0.25) is 0 Å². The molecular formula is C14H17F2N3. The number of nitrogens with zero attached hydrogens (tertiary/aromatic N) is 2.